The lowest BCUT2D eigenvalue weighted by atomic mass is 9.87. The number of aryl methyl sites for hydroxylation is 1. The number of carboxylic acids is 1. The Balaban J connectivity index is 1.53. The van der Waals surface area contributed by atoms with Gasteiger partial charge in [0.2, 0.25) is 0 Å². The van der Waals surface area contributed by atoms with Gasteiger partial charge in [0, 0.05) is 13.1 Å². The molecule has 2 saturated carbocycles. The molecule has 2 aromatic heterocycles. The maximum absolute atomic E-state index is 13.9. The molecule has 2 aromatic rings. The second-order valence-electron chi connectivity index (χ2n) is 9.65. The standard InChI is InChI=1S/C25H30F3N3O6/c1-14-18(13-35-24(34)31(2)16-7-3-4-8-16)21(30-37-14)19-10-11-20(22(29-19)25(26,27)28)36-17-9-5-6-15(12-17)23(32)33/h10-11,15-17H,3-9,12-13H2,1-2H3,(H,32,33)/t15-,17-/m0/s1. The third kappa shape index (κ3) is 6.16. The Hall–Kier alpha value is -3.31. The summed E-state index contributed by atoms with van der Waals surface area (Å²) in [5.74, 6) is -1.82. The van der Waals surface area contributed by atoms with Crippen LogP contribution in [0.2, 0.25) is 0 Å². The highest BCUT2D eigenvalue weighted by atomic mass is 19.4. The highest BCUT2D eigenvalue weighted by molar-refractivity contribution is 5.70. The van der Waals surface area contributed by atoms with Crippen LogP contribution in [-0.2, 0) is 22.3 Å². The number of halogens is 3. The zero-order chi connectivity index (χ0) is 26.7. The summed E-state index contributed by atoms with van der Waals surface area (Å²) in [7, 11) is 1.67. The molecule has 0 aromatic carbocycles. The van der Waals surface area contributed by atoms with E-state index in [1.54, 1.807) is 18.9 Å². The number of aliphatic carboxylic acids is 1. The number of amides is 1. The van der Waals surface area contributed by atoms with E-state index in [4.69, 9.17) is 14.0 Å². The maximum Gasteiger partial charge on any atom is 0.437 e. The fourth-order valence-electron chi connectivity index (χ4n) is 4.97. The Kier molecular flexibility index (Phi) is 7.93. The third-order valence-electron chi connectivity index (χ3n) is 7.12. The molecule has 2 fully saturated rings. The molecule has 0 radical (unpaired) electrons. The molecular weight excluding hydrogens is 495 g/mol. The number of carbonyl (C=O) groups excluding carboxylic acids is 1. The average Bonchev–Trinajstić information content (AvgIpc) is 3.52. The first-order valence-corrected chi connectivity index (χ1v) is 12.4. The van der Waals surface area contributed by atoms with Crippen molar-refractivity contribution >= 4 is 12.1 Å². The van der Waals surface area contributed by atoms with Gasteiger partial charge in [0.1, 0.15) is 18.1 Å². The summed E-state index contributed by atoms with van der Waals surface area (Å²) < 4.78 is 58.1. The number of rotatable bonds is 7. The zero-order valence-corrected chi connectivity index (χ0v) is 20.7. The third-order valence-corrected chi connectivity index (χ3v) is 7.12. The van der Waals surface area contributed by atoms with E-state index in [0.717, 1.165) is 31.7 Å². The predicted octanol–water partition coefficient (Wildman–Crippen LogP) is 5.60. The second-order valence-corrected chi connectivity index (χ2v) is 9.65. The molecule has 2 atom stereocenters. The first-order chi connectivity index (χ1) is 17.5. The van der Waals surface area contributed by atoms with Gasteiger partial charge in [-0.05, 0) is 57.6 Å². The quantitative estimate of drug-likeness (QED) is 0.497. The lowest BCUT2D eigenvalue weighted by molar-refractivity contribution is -0.146. The van der Waals surface area contributed by atoms with Crippen molar-refractivity contribution < 1.29 is 41.9 Å². The fraction of sp³-hybridized carbons (Fsp3) is 0.600. The van der Waals surface area contributed by atoms with Gasteiger partial charge in [0.25, 0.3) is 0 Å². The average molecular weight is 526 g/mol. The molecule has 2 aliphatic carbocycles. The smallest absolute Gasteiger partial charge is 0.437 e. The molecule has 1 N–H and O–H groups in total. The largest absolute Gasteiger partial charge is 0.488 e. The summed E-state index contributed by atoms with van der Waals surface area (Å²) in [5, 5.41) is 13.1. The van der Waals surface area contributed by atoms with Crippen molar-refractivity contribution in [2.24, 2.45) is 5.92 Å². The lowest BCUT2D eigenvalue weighted by Gasteiger charge is -2.28. The minimum absolute atomic E-state index is 0.0366. The molecule has 2 aliphatic rings. The number of aromatic nitrogens is 2. The van der Waals surface area contributed by atoms with Crippen LogP contribution in [-0.4, -0.2) is 51.4 Å². The summed E-state index contributed by atoms with van der Waals surface area (Å²) in [5.41, 5.74) is -1.00. The van der Waals surface area contributed by atoms with Crippen LogP contribution in [0.3, 0.4) is 0 Å². The SMILES string of the molecule is Cc1onc(-c2ccc(O[C@H]3CCC[C@H](C(=O)O)C3)c(C(F)(F)F)n2)c1COC(=O)N(C)C1CCCC1. The summed E-state index contributed by atoms with van der Waals surface area (Å²) in [6.45, 7) is 1.34. The van der Waals surface area contributed by atoms with Gasteiger partial charge < -0.3 is 24.0 Å². The molecule has 2 heterocycles. The first kappa shape index (κ1) is 26.7. The van der Waals surface area contributed by atoms with Gasteiger partial charge in [-0.1, -0.05) is 18.0 Å². The minimum atomic E-state index is -4.83. The van der Waals surface area contributed by atoms with E-state index >= 15 is 0 Å². The van der Waals surface area contributed by atoms with E-state index in [-0.39, 0.29) is 30.5 Å². The van der Waals surface area contributed by atoms with E-state index in [0.29, 0.717) is 30.6 Å². The molecule has 1 amide bonds. The van der Waals surface area contributed by atoms with Crippen LogP contribution in [0.15, 0.2) is 16.7 Å². The van der Waals surface area contributed by atoms with Crippen molar-refractivity contribution in [3.63, 3.8) is 0 Å². The van der Waals surface area contributed by atoms with Crippen LogP contribution < -0.4 is 4.74 Å². The van der Waals surface area contributed by atoms with Crippen LogP contribution in [0.4, 0.5) is 18.0 Å². The van der Waals surface area contributed by atoms with Gasteiger partial charge in [-0.2, -0.15) is 13.2 Å². The number of ether oxygens (including phenoxy) is 2. The van der Waals surface area contributed by atoms with Crippen molar-refractivity contribution in [2.45, 2.75) is 83.2 Å². The number of alkyl halides is 3. The molecule has 12 heteroatoms. The summed E-state index contributed by atoms with van der Waals surface area (Å²) in [6.07, 6.45) is -0.532. The van der Waals surface area contributed by atoms with Crippen molar-refractivity contribution in [3.05, 3.63) is 29.2 Å². The monoisotopic (exact) mass is 525 g/mol. The molecule has 4 rings (SSSR count). The van der Waals surface area contributed by atoms with Crippen LogP contribution in [0, 0.1) is 12.8 Å². The normalized spacial score (nSPS) is 20.6. The van der Waals surface area contributed by atoms with E-state index in [9.17, 15) is 27.9 Å². The van der Waals surface area contributed by atoms with Gasteiger partial charge in [-0.3, -0.25) is 4.79 Å². The van der Waals surface area contributed by atoms with Crippen molar-refractivity contribution in [3.8, 4) is 17.1 Å². The van der Waals surface area contributed by atoms with Gasteiger partial charge >= 0.3 is 18.2 Å². The second kappa shape index (κ2) is 11.0. The van der Waals surface area contributed by atoms with Gasteiger partial charge in [-0.15, -0.1) is 0 Å². The minimum Gasteiger partial charge on any atom is -0.488 e. The van der Waals surface area contributed by atoms with E-state index in [2.05, 4.69) is 10.1 Å². The predicted molar refractivity (Wildman–Crippen MR) is 124 cm³/mol. The molecule has 9 nitrogen and oxygen atoms in total. The van der Waals surface area contributed by atoms with Crippen molar-refractivity contribution in [2.75, 3.05) is 7.05 Å². The summed E-state index contributed by atoms with van der Waals surface area (Å²) in [4.78, 5) is 29.2. The van der Waals surface area contributed by atoms with Crippen LogP contribution in [0.1, 0.15) is 68.4 Å². The number of carboxylic acid groups (broad SMARTS) is 1. The molecule has 202 valence electrons. The van der Waals surface area contributed by atoms with E-state index in [1.165, 1.54) is 6.07 Å². The fourth-order valence-corrected chi connectivity index (χ4v) is 4.97. The Morgan fingerprint density at radius 3 is 2.57 bits per heavy atom. The zero-order valence-electron chi connectivity index (χ0n) is 20.7. The Labute approximate surface area is 211 Å². The lowest BCUT2D eigenvalue weighted by Crippen LogP contribution is -2.35. The van der Waals surface area contributed by atoms with E-state index in [1.807, 2.05) is 0 Å². The summed E-state index contributed by atoms with van der Waals surface area (Å²) >= 11 is 0. The van der Waals surface area contributed by atoms with Crippen LogP contribution >= 0.6 is 0 Å². The molecule has 0 unspecified atom stereocenters. The first-order valence-electron chi connectivity index (χ1n) is 12.4. The number of carbonyl (C=O) groups is 2. The number of hydrogen-bond acceptors (Lipinski definition) is 7. The van der Waals surface area contributed by atoms with Gasteiger partial charge in [0.05, 0.1) is 23.3 Å². The van der Waals surface area contributed by atoms with Gasteiger partial charge in [0.15, 0.2) is 11.4 Å². The van der Waals surface area contributed by atoms with Crippen molar-refractivity contribution in [1.82, 2.24) is 15.0 Å². The van der Waals surface area contributed by atoms with Crippen LogP contribution in [0.5, 0.6) is 5.75 Å². The Morgan fingerprint density at radius 1 is 1.16 bits per heavy atom. The van der Waals surface area contributed by atoms with E-state index < -0.39 is 41.7 Å². The van der Waals surface area contributed by atoms with Crippen LogP contribution in [0.25, 0.3) is 11.4 Å². The maximum atomic E-state index is 13.9. The highest BCUT2D eigenvalue weighted by Crippen LogP contribution is 2.39. The Bertz CT molecular complexity index is 1130. The number of hydrogen-bond donors (Lipinski definition) is 1. The molecular formula is C25H30F3N3O6. The molecule has 0 spiro atoms. The molecule has 0 aliphatic heterocycles. The molecule has 0 saturated heterocycles. The van der Waals surface area contributed by atoms with Gasteiger partial charge in [-0.25, -0.2) is 9.78 Å². The highest BCUT2D eigenvalue weighted by Gasteiger charge is 2.39. The topological polar surface area (TPSA) is 115 Å². The molecule has 0 bridgehead atoms. The number of nitrogens with zero attached hydrogens (tertiary/aromatic N) is 3. The summed E-state index contributed by atoms with van der Waals surface area (Å²) in [6, 6.07) is 2.59. The Morgan fingerprint density at radius 2 is 1.89 bits per heavy atom. The number of pyridine rings is 1. The molecule has 37 heavy (non-hydrogen) atoms. The van der Waals surface area contributed by atoms with Crippen molar-refractivity contribution in [1.29, 1.82) is 0 Å².